The number of hydrogen-bond acceptors (Lipinski definition) is 4. The number of alkyl halides is 1. The normalized spacial score (nSPS) is 16.0. The highest BCUT2D eigenvalue weighted by Crippen LogP contribution is 2.17. The molecule has 1 fully saturated rings. The van der Waals surface area contributed by atoms with Crippen LogP contribution in [0.4, 0.5) is 4.39 Å². The van der Waals surface area contributed by atoms with Gasteiger partial charge in [-0.3, -0.25) is 9.78 Å². The summed E-state index contributed by atoms with van der Waals surface area (Å²) in [6.07, 6.45) is 6.39. The number of hydrogen-bond donors (Lipinski definition) is 0. The highest BCUT2D eigenvalue weighted by molar-refractivity contribution is 5.93. The molecule has 0 bridgehead atoms. The van der Waals surface area contributed by atoms with Crippen LogP contribution >= 0.6 is 0 Å². The lowest BCUT2D eigenvalue weighted by atomic mass is 10.1. The van der Waals surface area contributed by atoms with Gasteiger partial charge in [0.15, 0.2) is 5.82 Å². The van der Waals surface area contributed by atoms with Crippen molar-refractivity contribution in [2.24, 2.45) is 0 Å². The first kappa shape index (κ1) is 13.6. The summed E-state index contributed by atoms with van der Waals surface area (Å²) in [5.74, 6) is 0.416. The Kier molecular flexibility index (Phi) is 3.85. The molecule has 108 valence electrons. The van der Waals surface area contributed by atoms with E-state index in [1.807, 2.05) is 12.1 Å². The monoisotopic (exact) mass is 286 g/mol. The standard InChI is InChI=1S/C15H15FN4O/c16-13-3-7-20(8-4-13)15(21)12-9-18-14(19-10-12)11-1-5-17-6-2-11/h1-2,5-6,9-10,13H,3-4,7-8H2. The van der Waals surface area contributed by atoms with Gasteiger partial charge >= 0.3 is 0 Å². The summed E-state index contributed by atoms with van der Waals surface area (Å²) >= 11 is 0. The van der Waals surface area contributed by atoms with Gasteiger partial charge in [-0.25, -0.2) is 14.4 Å². The van der Waals surface area contributed by atoms with Crippen LogP contribution in [0.3, 0.4) is 0 Å². The maximum absolute atomic E-state index is 13.1. The van der Waals surface area contributed by atoms with Crippen molar-refractivity contribution in [3.05, 3.63) is 42.5 Å². The minimum Gasteiger partial charge on any atom is -0.338 e. The van der Waals surface area contributed by atoms with Crippen LogP contribution in [0.15, 0.2) is 36.9 Å². The highest BCUT2D eigenvalue weighted by Gasteiger charge is 2.23. The van der Waals surface area contributed by atoms with Crippen LogP contribution in [0.1, 0.15) is 23.2 Å². The Labute approximate surface area is 121 Å². The van der Waals surface area contributed by atoms with Crippen LogP contribution in [-0.2, 0) is 0 Å². The van der Waals surface area contributed by atoms with Gasteiger partial charge in [-0.05, 0) is 25.0 Å². The predicted molar refractivity (Wildman–Crippen MR) is 75.3 cm³/mol. The van der Waals surface area contributed by atoms with E-state index in [2.05, 4.69) is 15.0 Å². The van der Waals surface area contributed by atoms with Gasteiger partial charge in [-0.2, -0.15) is 0 Å². The molecule has 0 aromatic carbocycles. The van der Waals surface area contributed by atoms with E-state index in [1.54, 1.807) is 17.3 Å². The largest absolute Gasteiger partial charge is 0.338 e. The van der Waals surface area contributed by atoms with Crippen molar-refractivity contribution >= 4 is 5.91 Å². The molecule has 3 rings (SSSR count). The summed E-state index contributed by atoms with van der Waals surface area (Å²) in [6, 6.07) is 3.62. The molecule has 3 heterocycles. The fourth-order valence-corrected chi connectivity index (χ4v) is 2.32. The molecular formula is C15H15FN4O. The number of amides is 1. The third kappa shape index (κ3) is 3.04. The summed E-state index contributed by atoms with van der Waals surface area (Å²) in [7, 11) is 0. The van der Waals surface area contributed by atoms with E-state index in [0.29, 0.717) is 37.3 Å². The molecule has 1 aliphatic rings. The second kappa shape index (κ2) is 5.95. The highest BCUT2D eigenvalue weighted by atomic mass is 19.1. The van der Waals surface area contributed by atoms with Crippen molar-refractivity contribution in [1.82, 2.24) is 19.9 Å². The molecule has 0 saturated carbocycles. The summed E-state index contributed by atoms with van der Waals surface area (Å²) in [5.41, 5.74) is 1.28. The first-order chi connectivity index (χ1) is 10.2. The van der Waals surface area contributed by atoms with Crippen molar-refractivity contribution in [2.75, 3.05) is 13.1 Å². The number of pyridine rings is 1. The lowest BCUT2D eigenvalue weighted by Crippen LogP contribution is -2.39. The fraction of sp³-hybridized carbons (Fsp3) is 0.333. The van der Waals surface area contributed by atoms with Gasteiger partial charge in [0.2, 0.25) is 0 Å². The van der Waals surface area contributed by atoms with Crippen LogP contribution in [0.25, 0.3) is 11.4 Å². The number of carbonyl (C=O) groups excluding carboxylic acids is 1. The fourth-order valence-electron chi connectivity index (χ4n) is 2.32. The molecule has 21 heavy (non-hydrogen) atoms. The van der Waals surface area contributed by atoms with E-state index in [9.17, 15) is 9.18 Å². The van der Waals surface area contributed by atoms with Crippen molar-refractivity contribution in [3.8, 4) is 11.4 Å². The number of aromatic nitrogens is 3. The van der Waals surface area contributed by atoms with Gasteiger partial charge in [0.05, 0.1) is 5.56 Å². The summed E-state index contributed by atoms with van der Waals surface area (Å²) in [4.78, 5) is 26.3. The van der Waals surface area contributed by atoms with Crippen molar-refractivity contribution in [1.29, 1.82) is 0 Å². The van der Waals surface area contributed by atoms with Gasteiger partial charge in [-0.15, -0.1) is 0 Å². The maximum Gasteiger partial charge on any atom is 0.256 e. The second-order valence-electron chi connectivity index (χ2n) is 5.00. The Morgan fingerprint density at radius 1 is 1.14 bits per heavy atom. The van der Waals surface area contributed by atoms with Crippen LogP contribution in [0.2, 0.25) is 0 Å². The van der Waals surface area contributed by atoms with Crippen molar-refractivity contribution in [2.45, 2.75) is 19.0 Å². The summed E-state index contributed by atoms with van der Waals surface area (Å²) < 4.78 is 13.1. The van der Waals surface area contributed by atoms with Gasteiger partial charge in [-0.1, -0.05) is 0 Å². The van der Waals surface area contributed by atoms with Crippen LogP contribution in [0, 0.1) is 0 Å². The number of nitrogens with zero attached hydrogens (tertiary/aromatic N) is 4. The van der Waals surface area contributed by atoms with Crippen LogP contribution in [0.5, 0.6) is 0 Å². The summed E-state index contributed by atoms with van der Waals surface area (Å²) in [5, 5.41) is 0. The average Bonchev–Trinajstić information content (AvgIpc) is 2.56. The Balaban J connectivity index is 1.73. The third-order valence-corrected chi connectivity index (χ3v) is 3.55. The van der Waals surface area contributed by atoms with E-state index in [-0.39, 0.29) is 5.91 Å². The first-order valence-electron chi connectivity index (χ1n) is 6.90. The topological polar surface area (TPSA) is 59.0 Å². The number of carbonyl (C=O) groups is 1. The molecule has 2 aromatic heterocycles. The summed E-state index contributed by atoms with van der Waals surface area (Å²) in [6.45, 7) is 0.901. The molecule has 5 nitrogen and oxygen atoms in total. The van der Waals surface area contributed by atoms with E-state index >= 15 is 0 Å². The Morgan fingerprint density at radius 3 is 2.38 bits per heavy atom. The Bertz CT molecular complexity index is 609. The molecule has 0 atom stereocenters. The van der Waals surface area contributed by atoms with Crippen molar-refractivity contribution in [3.63, 3.8) is 0 Å². The number of piperidine rings is 1. The zero-order chi connectivity index (χ0) is 14.7. The quantitative estimate of drug-likeness (QED) is 0.848. The molecule has 0 radical (unpaired) electrons. The second-order valence-corrected chi connectivity index (χ2v) is 5.00. The molecule has 1 saturated heterocycles. The van der Waals surface area contributed by atoms with Crippen LogP contribution < -0.4 is 0 Å². The molecule has 0 N–H and O–H groups in total. The zero-order valence-corrected chi connectivity index (χ0v) is 11.4. The van der Waals surface area contributed by atoms with Gasteiger partial charge < -0.3 is 4.90 Å². The van der Waals surface area contributed by atoms with Gasteiger partial charge in [0.25, 0.3) is 5.91 Å². The van der Waals surface area contributed by atoms with Crippen LogP contribution in [-0.4, -0.2) is 45.0 Å². The maximum atomic E-state index is 13.1. The molecule has 0 unspecified atom stereocenters. The number of rotatable bonds is 2. The van der Waals surface area contributed by atoms with E-state index in [4.69, 9.17) is 0 Å². The average molecular weight is 286 g/mol. The van der Waals surface area contributed by atoms with E-state index < -0.39 is 6.17 Å². The first-order valence-corrected chi connectivity index (χ1v) is 6.90. The Morgan fingerprint density at radius 2 is 1.76 bits per heavy atom. The third-order valence-electron chi connectivity index (χ3n) is 3.55. The van der Waals surface area contributed by atoms with E-state index in [1.165, 1.54) is 12.4 Å². The zero-order valence-electron chi connectivity index (χ0n) is 11.4. The lowest BCUT2D eigenvalue weighted by molar-refractivity contribution is 0.0666. The minimum absolute atomic E-state index is 0.136. The van der Waals surface area contributed by atoms with E-state index in [0.717, 1.165) is 5.56 Å². The minimum atomic E-state index is -0.792. The molecule has 2 aromatic rings. The molecule has 1 aliphatic heterocycles. The molecule has 0 aliphatic carbocycles. The molecule has 6 heteroatoms. The number of halogens is 1. The smallest absolute Gasteiger partial charge is 0.256 e. The lowest BCUT2D eigenvalue weighted by Gasteiger charge is -2.28. The molecule has 1 amide bonds. The van der Waals surface area contributed by atoms with Gasteiger partial charge in [0, 0.05) is 43.4 Å². The Hall–Kier alpha value is -2.37. The SMILES string of the molecule is O=C(c1cnc(-c2ccncc2)nc1)N1CCC(F)CC1. The molecular weight excluding hydrogens is 271 g/mol. The number of likely N-dealkylation sites (tertiary alicyclic amines) is 1. The van der Waals surface area contributed by atoms with Crippen molar-refractivity contribution < 1.29 is 9.18 Å². The predicted octanol–water partition coefficient (Wildman–Crippen LogP) is 2.11. The van der Waals surface area contributed by atoms with Gasteiger partial charge in [0.1, 0.15) is 6.17 Å². The molecule has 0 spiro atoms.